The Kier molecular flexibility index (Phi) is 6.35. The van der Waals surface area contributed by atoms with Crippen LogP contribution in [-0.4, -0.2) is 39.7 Å². The number of sulfonamides is 1. The predicted octanol–water partition coefficient (Wildman–Crippen LogP) is 1.71. The number of hydrogen-bond acceptors (Lipinski definition) is 5. The Labute approximate surface area is 130 Å². The Bertz CT molecular complexity index is 545. The first-order valence-electron chi connectivity index (χ1n) is 7.09. The fourth-order valence-electron chi connectivity index (χ4n) is 1.75. The van der Waals surface area contributed by atoms with Gasteiger partial charge in [-0.15, -0.1) is 11.8 Å². The van der Waals surface area contributed by atoms with E-state index in [0.717, 1.165) is 11.5 Å². The van der Waals surface area contributed by atoms with Crippen molar-refractivity contribution in [1.29, 1.82) is 0 Å². The lowest BCUT2D eigenvalue weighted by molar-refractivity contribution is 0.129. The summed E-state index contributed by atoms with van der Waals surface area (Å²) in [6.45, 7) is 1.53. The van der Waals surface area contributed by atoms with Crippen LogP contribution < -0.4 is 10.5 Å². The second-order valence-electron chi connectivity index (χ2n) is 5.12. The monoisotopic (exact) mass is 330 g/mol. The zero-order valence-corrected chi connectivity index (χ0v) is 13.6. The highest BCUT2D eigenvalue weighted by Crippen LogP contribution is 2.28. The van der Waals surface area contributed by atoms with Crippen molar-refractivity contribution in [3.63, 3.8) is 0 Å². The number of nitrogens with one attached hydrogen (secondary N) is 1. The molecule has 118 valence electrons. The maximum Gasteiger partial charge on any atom is 0.212 e. The van der Waals surface area contributed by atoms with Crippen LogP contribution in [0.3, 0.4) is 0 Å². The molecule has 0 heterocycles. The Morgan fingerprint density at radius 3 is 2.81 bits per heavy atom. The molecule has 1 aliphatic rings. The number of nitrogens with two attached hydrogens (primary N) is 1. The maximum absolute atomic E-state index is 11.8. The minimum atomic E-state index is -3.24. The molecule has 1 fully saturated rings. The summed E-state index contributed by atoms with van der Waals surface area (Å²) >= 11 is 1.45. The van der Waals surface area contributed by atoms with Gasteiger partial charge in [-0.05, 0) is 30.9 Å². The molecule has 0 radical (unpaired) electrons. The molecule has 7 heteroatoms. The van der Waals surface area contributed by atoms with E-state index in [-0.39, 0.29) is 5.75 Å². The fraction of sp³-hybridized carbons (Fsp3) is 0.571. The smallest absolute Gasteiger partial charge is 0.212 e. The normalized spacial score (nSPS) is 15.2. The van der Waals surface area contributed by atoms with Gasteiger partial charge in [0.15, 0.2) is 0 Å². The third-order valence-corrected chi connectivity index (χ3v) is 5.88. The summed E-state index contributed by atoms with van der Waals surface area (Å²) in [6.07, 6.45) is 2.48. The molecule has 0 spiro atoms. The summed E-state index contributed by atoms with van der Waals surface area (Å²) in [5.74, 6) is 1.26. The summed E-state index contributed by atoms with van der Waals surface area (Å²) < 4.78 is 31.6. The second-order valence-corrected chi connectivity index (χ2v) is 8.18. The molecular formula is C14H22N2O3S2. The first-order chi connectivity index (χ1) is 10.1. The van der Waals surface area contributed by atoms with Gasteiger partial charge in [-0.25, -0.2) is 13.1 Å². The van der Waals surface area contributed by atoms with Gasteiger partial charge in [-0.2, -0.15) is 0 Å². The predicted molar refractivity (Wildman–Crippen MR) is 86.9 cm³/mol. The van der Waals surface area contributed by atoms with Crippen LogP contribution in [0.4, 0.5) is 5.69 Å². The lowest BCUT2D eigenvalue weighted by Gasteiger charge is -2.08. The molecule has 21 heavy (non-hydrogen) atoms. The topological polar surface area (TPSA) is 81.4 Å². The van der Waals surface area contributed by atoms with E-state index in [1.807, 2.05) is 24.3 Å². The SMILES string of the molecule is Nc1ccccc1SCCS(=O)(=O)NCCOCC1CC1. The number of hydrogen-bond donors (Lipinski definition) is 2. The number of para-hydroxylation sites is 1. The quantitative estimate of drug-likeness (QED) is 0.388. The van der Waals surface area contributed by atoms with Crippen molar-refractivity contribution in [2.75, 3.05) is 37.0 Å². The van der Waals surface area contributed by atoms with Gasteiger partial charge in [0, 0.05) is 29.5 Å². The van der Waals surface area contributed by atoms with Crippen LogP contribution in [0.25, 0.3) is 0 Å². The molecule has 0 unspecified atom stereocenters. The van der Waals surface area contributed by atoms with Crippen molar-refractivity contribution in [3.05, 3.63) is 24.3 Å². The number of benzene rings is 1. The van der Waals surface area contributed by atoms with Crippen LogP contribution in [0, 0.1) is 5.92 Å². The Hall–Kier alpha value is -0.760. The number of thioether (sulfide) groups is 1. The molecule has 0 amide bonds. The number of anilines is 1. The average molecular weight is 330 g/mol. The number of ether oxygens (including phenoxy) is 1. The largest absolute Gasteiger partial charge is 0.398 e. The molecule has 3 N–H and O–H groups in total. The molecule has 0 aromatic heterocycles. The average Bonchev–Trinajstić information content (AvgIpc) is 3.24. The molecular weight excluding hydrogens is 308 g/mol. The summed E-state index contributed by atoms with van der Waals surface area (Å²) in [6, 6.07) is 7.46. The number of nitrogen functional groups attached to an aromatic ring is 1. The minimum Gasteiger partial charge on any atom is -0.398 e. The van der Waals surface area contributed by atoms with Gasteiger partial charge in [-0.1, -0.05) is 12.1 Å². The standard InChI is InChI=1S/C14H22N2O3S2/c15-13-3-1-2-4-14(13)20-9-10-21(17,18)16-7-8-19-11-12-5-6-12/h1-4,12,16H,5-11,15H2. The highest BCUT2D eigenvalue weighted by Gasteiger charge is 2.21. The third kappa shape index (κ3) is 6.69. The van der Waals surface area contributed by atoms with Gasteiger partial charge in [0.1, 0.15) is 0 Å². The Morgan fingerprint density at radius 1 is 1.33 bits per heavy atom. The molecule has 1 saturated carbocycles. The fourth-order valence-corrected chi connectivity index (χ4v) is 4.13. The third-order valence-electron chi connectivity index (χ3n) is 3.15. The lowest BCUT2D eigenvalue weighted by Crippen LogP contribution is -2.30. The van der Waals surface area contributed by atoms with Crippen molar-refractivity contribution in [2.24, 2.45) is 5.92 Å². The van der Waals surface area contributed by atoms with Crippen LogP contribution in [0.2, 0.25) is 0 Å². The Morgan fingerprint density at radius 2 is 2.10 bits per heavy atom. The van der Waals surface area contributed by atoms with E-state index in [4.69, 9.17) is 10.5 Å². The lowest BCUT2D eigenvalue weighted by atomic mass is 10.3. The van der Waals surface area contributed by atoms with Gasteiger partial charge in [0.05, 0.1) is 12.4 Å². The Balaban J connectivity index is 1.60. The van der Waals surface area contributed by atoms with E-state index in [1.54, 1.807) is 0 Å². The summed E-state index contributed by atoms with van der Waals surface area (Å²) in [4.78, 5) is 0.917. The van der Waals surface area contributed by atoms with Gasteiger partial charge in [0.2, 0.25) is 10.0 Å². The van der Waals surface area contributed by atoms with E-state index in [1.165, 1.54) is 24.6 Å². The summed E-state index contributed by atoms with van der Waals surface area (Å²) in [5, 5.41) is 0. The summed E-state index contributed by atoms with van der Waals surface area (Å²) in [7, 11) is -3.24. The highest BCUT2D eigenvalue weighted by atomic mass is 32.2. The van der Waals surface area contributed by atoms with Crippen molar-refractivity contribution >= 4 is 27.5 Å². The van der Waals surface area contributed by atoms with Crippen molar-refractivity contribution in [1.82, 2.24) is 4.72 Å². The van der Waals surface area contributed by atoms with Crippen LogP contribution in [0.15, 0.2) is 29.2 Å². The van der Waals surface area contributed by atoms with Gasteiger partial charge >= 0.3 is 0 Å². The van der Waals surface area contributed by atoms with Crippen LogP contribution >= 0.6 is 11.8 Å². The van der Waals surface area contributed by atoms with E-state index >= 15 is 0 Å². The molecule has 0 aliphatic heterocycles. The second kappa shape index (κ2) is 8.03. The van der Waals surface area contributed by atoms with E-state index < -0.39 is 10.0 Å². The van der Waals surface area contributed by atoms with Crippen LogP contribution in [0.1, 0.15) is 12.8 Å². The minimum absolute atomic E-state index is 0.0780. The molecule has 0 bridgehead atoms. The highest BCUT2D eigenvalue weighted by molar-refractivity contribution is 8.00. The van der Waals surface area contributed by atoms with Gasteiger partial charge in [0.25, 0.3) is 0 Å². The van der Waals surface area contributed by atoms with Crippen LogP contribution in [-0.2, 0) is 14.8 Å². The molecule has 1 aliphatic carbocycles. The van der Waals surface area contributed by atoms with E-state index in [0.29, 0.717) is 30.5 Å². The molecule has 2 rings (SSSR count). The van der Waals surface area contributed by atoms with Gasteiger partial charge < -0.3 is 10.5 Å². The zero-order chi connectivity index (χ0) is 15.1. The zero-order valence-electron chi connectivity index (χ0n) is 12.0. The van der Waals surface area contributed by atoms with Crippen molar-refractivity contribution < 1.29 is 13.2 Å². The van der Waals surface area contributed by atoms with Crippen LogP contribution in [0.5, 0.6) is 0 Å². The van der Waals surface area contributed by atoms with Gasteiger partial charge in [-0.3, -0.25) is 0 Å². The first kappa shape index (κ1) is 16.6. The van der Waals surface area contributed by atoms with Crippen molar-refractivity contribution in [3.8, 4) is 0 Å². The van der Waals surface area contributed by atoms with E-state index in [2.05, 4.69) is 4.72 Å². The van der Waals surface area contributed by atoms with Crippen molar-refractivity contribution in [2.45, 2.75) is 17.7 Å². The molecule has 1 aromatic rings. The van der Waals surface area contributed by atoms with E-state index in [9.17, 15) is 8.42 Å². The molecule has 1 aromatic carbocycles. The molecule has 0 atom stereocenters. The molecule has 0 saturated heterocycles. The maximum atomic E-state index is 11.8. The molecule has 5 nitrogen and oxygen atoms in total. The first-order valence-corrected chi connectivity index (χ1v) is 9.73. The number of rotatable bonds is 10. The summed E-state index contributed by atoms with van der Waals surface area (Å²) in [5.41, 5.74) is 6.49.